The molecule has 2 heterocycles. The van der Waals surface area contributed by atoms with Gasteiger partial charge in [-0.05, 0) is 39.7 Å². The van der Waals surface area contributed by atoms with Gasteiger partial charge >= 0.3 is 0 Å². The summed E-state index contributed by atoms with van der Waals surface area (Å²) in [5, 5.41) is 14.4. The highest BCUT2D eigenvalue weighted by Crippen LogP contribution is 2.41. The second kappa shape index (κ2) is 4.29. The monoisotopic (exact) mass is 310 g/mol. The van der Waals surface area contributed by atoms with E-state index in [0.29, 0.717) is 11.5 Å². The summed E-state index contributed by atoms with van der Waals surface area (Å²) in [6.45, 7) is 0.208. The summed E-state index contributed by atoms with van der Waals surface area (Å²) in [6, 6.07) is 5.39. The highest BCUT2D eigenvalue weighted by atomic mass is 79.9. The van der Waals surface area contributed by atoms with Gasteiger partial charge in [0.15, 0.2) is 11.5 Å². The minimum Gasteiger partial charge on any atom is -0.454 e. The van der Waals surface area contributed by atoms with Crippen LogP contribution in [0.3, 0.4) is 0 Å². The average molecular weight is 311 g/mol. The van der Waals surface area contributed by atoms with Gasteiger partial charge in [0.05, 0.1) is 10.2 Å². The Balaban J connectivity index is 2.03. The summed E-state index contributed by atoms with van der Waals surface area (Å²) < 4.78 is 13.1. The molecular weight excluding hydrogens is 300 g/mol. The Kier molecular flexibility index (Phi) is 2.76. The van der Waals surface area contributed by atoms with Gasteiger partial charge in [-0.25, -0.2) is 0 Å². The van der Waals surface area contributed by atoms with Crippen LogP contribution in [-0.2, 0) is 7.05 Å². The van der Waals surface area contributed by atoms with Crippen LogP contribution < -0.4 is 9.47 Å². The van der Waals surface area contributed by atoms with Crippen molar-refractivity contribution in [3.05, 3.63) is 40.1 Å². The Morgan fingerprint density at radius 3 is 3.00 bits per heavy atom. The van der Waals surface area contributed by atoms with Crippen LogP contribution in [-0.4, -0.2) is 21.7 Å². The SMILES string of the molecule is Cn1nccc1C(O)c1cc(Br)c2c(c1)OCO2. The lowest BCUT2D eigenvalue weighted by Crippen LogP contribution is -2.06. The highest BCUT2D eigenvalue weighted by molar-refractivity contribution is 9.10. The molecule has 2 aromatic rings. The fourth-order valence-electron chi connectivity index (χ4n) is 1.97. The van der Waals surface area contributed by atoms with Gasteiger partial charge in [0.2, 0.25) is 6.79 Å². The molecular formula is C12H11BrN2O3. The molecule has 1 aliphatic rings. The lowest BCUT2D eigenvalue weighted by atomic mass is 10.1. The molecule has 0 bridgehead atoms. The number of aryl methyl sites for hydroxylation is 1. The first-order chi connectivity index (χ1) is 8.66. The average Bonchev–Trinajstić information content (AvgIpc) is 2.96. The van der Waals surface area contributed by atoms with Crippen molar-refractivity contribution in [2.75, 3.05) is 6.79 Å². The van der Waals surface area contributed by atoms with Crippen LogP contribution >= 0.6 is 15.9 Å². The Labute approximate surface area is 112 Å². The first-order valence-corrected chi connectivity index (χ1v) is 6.21. The molecule has 0 saturated carbocycles. The van der Waals surface area contributed by atoms with E-state index in [1.54, 1.807) is 30.1 Å². The predicted octanol–water partition coefficient (Wildman–Crippen LogP) is 1.99. The molecule has 1 aromatic heterocycles. The molecule has 1 aromatic carbocycles. The number of rotatable bonds is 2. The van der Waals surface area contributed by atoms with Crippen LogP contribution in [0.2, 0.25) is 0 Å². The smallest absolute Gasteiger partial charge is 0.231 e. The molecule has 94 valence electrons. The van der Waals surface area contributed by atoms with Crippen LogP contribution in [0.4, 0.5) is 0 Å². The lowest BCUT2D eigenvalue weighted by molar-refractivity contribution is 0.173. The fourth-order valence-corrected chi connectivity index (χ4v) is 2.54. The maximum Gasteiger partial charge on any atom is 0.231 e. The van der Waals surface area contributed by atoms with Crippen molar-refractivity contribution in [2.24, 2.45) is 7.05 Å². The number of aliphatic hydroxyl groups is 1. The molecule has 1 unspecified atom stereocenters. The van der Waals surface area contributed by atoms with Gasteiger partial charge in [-0.2, -0.15) is 5.10 Å². The number of fused-ring (bicyclic) bond motifs is 1. The van der Waals surface area contributed by atoms with Crippen molar-refractivity contribution in [3.63, 3.8) is 0 Å². The first-order valence-electron chi connectivity index (χ1n) is 5.42. The zero-order valence-electron chi connectivity index (χ0n) is 9.63. The van der Waals surface area contributed by atoms with Crippen LogP contribution in [0.1, 0.15) is 17.4 Å². The van der Waals surface area contributed by atoms with Gasteiger partial charge in [0, 0.05) is 13.2 Å². The van der Waals surface area contributed by atoms with Crippen molar-refractivity contribution in [2.45, 2.75) is 6.10 Å². The molecule has 5 nitrogen and oxygen atoms in total. The van der Waals surface area contributed by atoms with E-state index in [-0.39, 0.29) is 6.79 Å². The summed E-state index contributed by atoms with van der Waals surface area (Å²) in [5.41, 5.74) is 1.45. The number of benzene rings is 1. The van der Waals surface area contributed by atoms with E-state index < -0.39 is 6.10 Å². The third kappa shape index (κ3) is 1.77. The fraction of sp³-hybridized carbons (Fsp3) is 0.250. The quantitative estimate of drug-likeness (QED) is 0.921. The van der Waals surface area contributed by atoms with Gasteiger partial charge in [0.25, 0.3) is 0 Å². The number of aromatic nitrogens is 2. The van der Waals surface area contributed by atoms with Crippen molar-refractivity contribution < 1.29 is 14.6 Å². The van der Waals surface area contributed by atoms with Gasteiger partial charge in [-0.1, -0.05) is 0 Å². The lowest BCUT2D eigenvalue weighted by Gasteiger charge is -2.12. The molecule has 3 rings (SSSR count). The number of hydrogen-bond acceptors (Lipinski definition) is 4. The molecule has 0 radical (unpaired) electrons. The maximum atomic E-state index is 10.3. The number of hydrogen-bond donors (Lipinski definition) is 1. The van der Waals surface area contributed by atoms with Crippen LogP contribution in [0.25, 0.3) is 0 Å². The maximum absolute atomic E-state index is 10.3. The number of ether oxygens (including phenoxy) is 2. The molecule has 1 aliphatic heterocycles. The van der Waals surface area contributed by atoms with E-state index in [1.807, 2.05) is 6.07 Å². The summed E-state index contributed by atoms with van der Waals surface area (Å²) in [6.07, 6.45) is 0.906. The van der Waals surface area contributed by atoms with E-state index in [9.17, 15) is 5.11 Å². The van der Waals surface area contributed by atoms with Gasteiger partial charge in [-0.15, -0.1) is 0 Å². The molecule has 18 heavy (non-hydrogen) atoms. The van der Waals surface area contributed by atoms with Crippen molar-refractivity contribution in [3.8, 4) is 11.5 Å². The first kappa shape index (κ1) is 11.6. The van der Waals surface area contributed by atoms with Crippen molar-refractivity contribution in [1.82, 2.24) is 9.78 Å². The minimum atomic E-state index is -0.747. The second-order valence-corrected chi connectivity index (χ2v) is 4.87. The van der Waals surface area contributed by atoms with E-state index in [0.717, 1.165) is 15.7 Å². The third-order valence-corrected chi connectivity index (χ3v) is 3.49. The molecule has 6 heteroatoms. The van der Waals surface area contributed by atoms with Crippen LogP contribution in [0, 0.1) is 0 Å². The number of nitrogens with zero attached hydrogens (tertiary/aromatic N) is 2. The Morgan fingerprint density at radius 2 is 2.28 bits per heavy atom. The highest BCUT2D eigenvalue weighted by Gasteiger charge is 2.22. The van der Waals surface area contributed by atoms with Crippen molar-refractivity contribution in [1.29, 1.82) is 0 Å². The van der Waals surface area contributed by atoms with E-state index in [1.165, 1.54) is 0 Å². The van der Waals surface area contributed by atoms with Gasteiger partial charge in [0.1, 0.15) is 6.10 Å². The Bertz CT molecular complexity index is 597. The molecule has 0 spiro atoms. The minimum absolute atomic E-state index is 0.208. The van der Waals surface area contributed by atoms with Crippen LogP contribution in [0.15, 0.2) is 28.9 Å². The summed E-state index contributed by atoms with van der Waals surface area (Å²) in [5.74, 6) is 1.32. The number of aliphatic hydroxyl groups excluding tert-OH is 1. The largest absolute Gasteiger partial charge is 0.454 e. The summed E-state index contributed by atoms with van der Waals surface area (Å²) >= 11 is 3.41. The van der Waals surface area contributed by atoms with Crippen LogP contribution in [0.5, 0.6) is 11.5 Å². The molecule has 0 saturated heterocycles. The van der Waals surface area contributed by atoms with Gasteiger partial charge in [-0.3, -0.25) is 4.68 Å². The molecule has 0 fully saturated rings. The van der Waals surface area contributed by atoms with E-state index in [4.69, 9.17) is 9.47 Å². The normalized spacial score (nSPS) is 14.8. The standard InChI is InChI=1S/C12H11BrN2O3/c1-15-9(2-3-14-15)11(16)7-4-8(13)12-10(5-7)17-6-18-12/h2-5,11,16H,6H2,1H3. The molecule has 1 atom stereocenters. The Hall–Kier alpha value is -1.53. The summed E-state index contributed by atoms with van der Waals surface area (Å²) in [4.78, 5) is 0. The molecule has 0 amide bonds. The van der Waals surface area contributed by atoms with Crippen molar-refractivity contribution >= 4 is 15.9 Å². The van der Waals surface area contributed by atoms with E-state index >= 15 is 0 Å². The van der Waals surface area contributed by atoms with E-state index in [2.05, 4.69) is 21.0 Å². The second-order valence-electron chi connectivity index (χ2n) is 4.02. The zero-order valence-corrected chi connectivity index (χ0v) is 11.2. The Morgan fingerprint density at radius 1 is 1.44 bits per heavy atom. The topological polar surface area (TPSA) is 56.5 Å². The van der Waals surface area contributed by atoms with Gasteiger partial charge < -0.3 is 14.6 Å². The molecule has 0 aliphatic carbocycles. The zero-order chi connectivity index (χ0) is 12.7. The third-order valence-electron chi connectivity index (χ3n) is 2.90. The predicted molar refractivity (Wildman–Crippen MR) is 67.5 cm³/mol. The number of halogens is 1. The molecule has 1 N–H and O–H groups in total. The summed E-state index contributed by atoms with van der Waals surface area (Å²) in [7, 11) is 1.79.